The average molecular weight is 517 g/mol. The highest BCUT2D eigenvalue weighted by molar-refractivity contribution is 5.94. The van der Waals surface area contributed by atoms with Crippen LogP contribution in [0.3, 0.4) is 0 Å². The number of hydrogen-bond acceptors (Lipinski definition) is 3. The number of aromatic nitrogens is 2. The van der Waals surface area contributed by atoms with Crippen LogP contribution in [0.5, 0.6) is 0 Å². The third kappa shape index (κ3) is 6.34. The number of carbonyl (C=O) groups excluding carboxylic acids is 1. The Morgan fingerprint density at radius 3 is 2.26 bits per heavy atom. The van der Waals surface area contributed by atoms with Crippen LogP contribution in [0.25, 0.3) is 11.3 Å². The van der Waals surface area contributed by atoms with E-state index < -0.39 is 17.7 Å². The summed E-state index contributed by atoms with van der Waals surface area (Å²) in [6, 6.07) is 20.4. The first-order chi connectivity index (χ1) is 18.3. The minimum absolute atomic E-state index is 0.00353. The monoisotopic (exact) mass is 516 g/mol. The van der Waals surface area contributed by atoms with Crippen LogP contribution in [0.1, 0.15) is 53.6 Å². The van der Waals surface area contributed by atoms with E-state index in [1.54, 1.807) is 0 Å². The van der Waals surface area contributed by atoms with E-state index in [2.05, 4.69) is 0 Å². The first-order valence-electron chi connectivity index (χ1n) is 12.9. The Hall–Kier alpha value is -3.84. The second kappa shape index (κ2) is 12.1. The zero-order chi connectivity index (χ0) is 27.2. The molecule has 0 aliphatic heterocycles. The largest absolute Gasteiger partial charge is 0.330 e. The van der Waals surface area contributed by atoms with Gasteiger partial charge in [0.25, 0.3) is 5.91 Å². The Bertz CT molecular complexity index is 1350. The van der Waals surface area contributed by atoms with E-state index in [0.717, 1.165) is 22.9 Å². The van der Waals surface area contributed by atoms with Gasteiger partial charge in [-0.15, -0.1) is 0 Å². The van der Waals surface area contributed by atoms with Crippen LogP contribution in [0, 0.1) is 24.5 Å². The van der Waals surface area contributed by atoms with Gasteiger partial charge in [-0.2, -0.15) is 0 Å². The molecule has 5 nitrogen and oxygen atoms in total. The Morgan fingerprint density at radius 2 is 1.66 bits per heavy atom. The van der Waals surface area contributed by atoms with Gasteiger partial charge in [0.05, 0.1) is 11.7 Å². The zero-order valence-corrected chi connectivity index (χ0v) is 22.1. The molecule has 3 aromatic carbocycles. The molecular weight excluding hydrogens is 482 g/mol. The van der Waals surface area contributed by atoms with E-state index >= 15 is 0 Å². The average Bonchev–Trinajstić information content (AvgIpc) is 3.29. The van der Waals surface area contributed by atoms with E-state index in [9.17, 15) is 13.6 Å². The second-order valence-corrected chi connectivity index (χ2v) is 9.95. The summed E-state index contributed by atoms with van der Waals surface area (Å²) in [6.07, 6.45) is 2.52. The summed E-state index contributed by atoms with van der Waals surface area (Å²) in [5, 5.41) is 0. The lowest BCUT2D eigenvalue weighted by Crippen LogP contribution is -2.40. The number of hydrogen-bond donors (Lipinski definition) is 1. The van der Waals surface area contributed by atoms with Crippen molar-refractivity contribution >= 4 is 5.91 Å². The lowest BCUT2D eigenvalue weighted by Gasteiger charge is -2.34. The molecule has 7 heteroatoms. The van der Waals surface area contributed by atoms with Gasteiger partial charge >= 0.3 is 0 Å². The molecule has 0 fully saturated rings. The van der Waals surface area contributed by atoms with E-state index in [4.69, 9.17) is 10.7 Å². The first-order valence-corrected chi connectivity index (χ1v) is 12.9. The number of amides is 1. The van der Waals surface area contributed by atoms with Crippen molar-refractivity contribution in [2.75, 3.05) is 13.1 Å². The van der Waals surface area contributed by atoms with Crippen molar-refractivity contribution in [3.05, 3.63) is 113 Å². The topological polar surface area (TPSA) is 64.2 Å². The summed E-state index contributed by atoms with van der Waals surface area (Å²) in [4.78, 5) is 20.7. The van der Waals surface area contributed by atoms with Gasteiger partial charge in [-0.05, 0) is 55.6 Å². The molecule has 1 atom stereocenters. The molecule has 0 saturated carbocycles. The molecule has 1 amide bonds. The molecule has 0 bridgehead atoms. The highest BCUT2D eigenvalue weighted by Gasteiger charge is 2.32. The molecule has 4 aromatic rings. The van der Waals surface area contributed by atoms with Crippen LogP contribution in [0.4, 0.5) is 8.78 Å². The Balaban J connectivity index is 1.83. The van der Waals surface area contributed by atoms with Gasteiger partial charge in [-0.3, -0.25) is 4.79 Å². The van der Waals surface area contributed by atoms with Crippen LogP contribution >= 0.6 is 0 Å². The fourth-order valence-corrected chi connectivity index (χ4v) is 4.73. The molecule has 4 rings (SSSR count). The van der Waals surface area contributed by atoms with Crippen molar-refractivity contribution in [3.8, 4) is 11.3 Å². The Kier molecular flexibility index (Phi) is 8.69. The van der Waals surface area contributed by atoms with Crippen LogP contribution in [-0.2, 0) is 6.54 Å². The highest BCUT2D eigenvalue weighted by atomic mass is 19.1. The molecule has 2 N–H and O–H groups in total. The lowest BCUT2D eigenvalue weighted by molar-refractivity contribution is 0.0604. The van der Waals surface area contributed by atoms with E-state index in [-0.39, 0.29) is 18.4 Å². The molecular formula is C31H34F2N4O. The summed E-state index contributed by atoms with van der Waals surface area (Å²) < 4.78 is 30.0. The SMILES string of the molecule is Cc1ccc(C(=O)N(CCCN)[C@@H](c2nc(-c3ccccc3)cn2Cc2cc(F)cc(F)c2)C(C)C)cc1. The van der Waals surface area contributed by atoms with Gasteiger partial charge in [-0.25, -0.2) is 13.8 Å². The second-order valence-electron chi connectivity index (χ2n) is 9.95. The third-order valence-corrected chi connectivity index (χ3v) is 6.55. The quantitative estimate of drug-likeness (QED) is 0.266. The summed E-state index contributed by atoms with van der Waals surface area (Å²) in [6.45, 7) is 7.17. The molecule has 0 aliphatic carbocycles. The molecule has 38 heavy (non-hydrogen) atoms. The van der Waals surface area contributed by atoms with Crippen molar-refractivity contribution in [1.82, 2.24) is 14.5 Å². The van der Waals surface area contributed by atoms with Crippen LogP contribution in [0.2, 0.25) is 0 Å². The molecule has 0 unspecified atom stereocenters. The summed E-state index contributed by atoms with van der Waals surface area (Å²) in [5.74, 6) is -0.726. The summed E-state index contributed by atoms with van der Waals surface area (Å²) >= 11 is 0. The number of aryl methyl sites for hydroxylation is 1. The van der Waals surface area contributed by atoms with Gasteiger partial charge in [0, 0.05) is 36.5 Å². The van der Waals surface area contributed by atoms with Gasteiger partial charge < -0.3 is 15.2 Å². The third-order valence-electron chi connectivity index (χ3n) is 6.55. The lowest BCUT2D eigenvalue weighted by atomic mass is 9.99. The van der Waals surface area contributed by atoms with Crippen LogP contribution < -0.4 is 5.73 Å². The molecule has 0 radical (unpaired) electrons. The van der Waals surface area contributed by atoms with Crippen molar-refractivity contribution in [1.29, 1.82) is 0 Å². The number of benzene rings is 3. The standard InChI is InChI=1S/C31H34F2N4O/c1-21(2)29(37(15-7-14-34)31(38)25-12-10-22(3)11-13-25)30-35-28(24-8-5-4-6-9-24)20-36(30)19-23-16-26(32)18-27(33)17-23/h4-6,8-13,16-18,20-21,29H,7,14-15,19,34H2,1-3H3/t29-/m1/s1. The Labute approximate surface area is 222 Å². The van der Waals surface area contributed by atoms with Crippen molar-refractivity contribution < 1.29 is 13.6 Å². The predicted octanol–water partition coefficient (Wildman–Crippen LogP) is 6.37. The number of rotatable bonds is 10. The zero-order valence-electron chi connectivity index (χ0n) is 22.1. The highest BCUT2D eigenvalue weighted by Crippen LogP contribution is 2.33. The minimum Gasteiger partial charge on any atom is -0.330 e. The molecule has 1 heterocycles. The summed E-state index contributed by atoms with van der Waals surface area (Å²) in [7, 11) is 0. The summed E-state index contributed by atoms with van der Waals surface area (Å²) in [5.41, 5.74) is 9.64. The molecule has 1 aromatic heterocycles. The fraction of sp³-hybridized carbons (Fsp3) is 0.290. The normalized spacial score (nSPS) is 12.1. The molecule has 198 valence electrons. The van der Waals surface area contributed by atoms with E-state index in [0.29, 0.717) is 36.5 Å². The first kappa shape index (κ1) is 27.2. The molecule has 0 aliphatic rings. The molecule has 0 spiro atoms. The maximum atomic E-state index is 14.0. The van der Waals surface area contributed by atoms with Gasteiger partial charge in [0.1, 0.15) is 17.5 Å². The minimum atomic E-state index is -0.635. The van der Waals surface area contributed by atoms with Gasteiger partial charge in [0.2, 0.25) is 0 Å². The predicted molar refractivity (Wildman–Crippen MR) is 147 cm³/mol. The maximum Gasteiger partial charge on any atom is 0.254 e. The van der Waals surface area contributed by atoms with Crippen molar-refractivity contribution in [2.45, 2.75) is 39.8 Å². The smallest absolute Gasteiger partial charge is 0.254 e. The number of nitrogens with zero attached hydrogens (tertiary/aromatic N) is 3. The Morgan fingerprint density at radius 1 is 1.00 bits per heavy atom. The van der Waals surface area contributed by atoms with Gasteiger partial charge in [0.15, 0.2) is 0 Å². The van der Waals surface area contributed by atoms with Crippen LogP contribution in [-0.4, -0.2) is 33.4 Å². The van der Waals surface area contributed by atoms with Crippen molar-refractivity contribution in [3.63, 3.8) is 0 Å². The number of imidazole rings is 1. The number of carbonyl (C=O) groups is 1. The van der Waals surface area contributed by atoms with E-state index in [1.807, 2.05) is 91.0 Å². The molecule has 0 saturated heterocycles. The van der Waals surface area contributed by atoms with E-state index in [1.165, 1.54) is 12.1 Å². The maximum absolute atomic E-state index is 14.0. The number of nitrogens with two attached hydrogens (primary N) is 1. The fourth-order valence-electron chi connectivity index (χ4n) is 4.73. The number of halogens is 2. The van der Waals surface area contributed by atoms with Gasteiger partial charge in [-0.1, -0.05) is 61.9 Å². The van der Waals surface area contributed by atoms with Crippen molar-refractivity contribution in [2.24, 2.45) is 11.7 Å². The van der Waals surface area contributed by atoms with Crippen LogP contribution in [0.15, 0.2) is 79.0 Å².